The monoisotopic (exact) mass is 486 g/mol. The second-order valence-corrected chi connectivity index (χ2v) is 10.0. The van der Waals surface area contributed by atoms with E-state index in [1.165, 1.54) is 0 Å². The van der Waals surface area contributed by atoms with Gasteiger partial charge in [-0.2, -0.15) is 0 Å². The van der Waals surface area contributed by atoms with E-state index in [9.17, 15) is 14.7 Å². The first-order valence-corrected chi connectivity index (χ1v) is 12.4. The molecule has 0 saturated heterocycles. The summed E-state index contributed by atoms with van der Waals surface area (Å²) in [6.45, 7) is 9.74. The number of amides is 2. The lowest BCUT2D eigenvalue weighted by molar-refractivity contribution is -0.112. The van der Waals surface area contributed by atoms with Gasteiger partial charge in [0.2, 0.25) is 0 Å². The van der Waals surface area contributed by atoms with Crippen LogP contribution in [0.2, 0.25) is 0 Å². The molecule has 1 aliphatic heterocycles. The van der Waals surface area contributed by atoms with Crippen molar-refractivity contribution < 1.29 is 24.2 Å². The Bertz CT molecular complexity index is 926. The highest BCUT2D eigenvalue weighted by molar-refractivity contribution is 6.03. The van der Waals surface area contributed by atoms with Gasteiger partial charge in [-0.25, -0.2) is 4.79 Å². The van der Waals surface area contributed by atoms with Crippen molar-refractivity contribution in [1.82, 2.24) is 0 Å². The molecule has 0 saturated carbocycles. The molecule has 0 aliphatic carbocycles. The average Bonchev–Trinajstić information content (AvgIpc) is 2.79. The van der Waals surface area contributed by atoms with E-state index in [4.69, 9.17) is 15.2 Å². The van der Waals surface area contributed by atoms with Crippen LogP contribution in [0, 0.1) is 17.8 Å². The Balaban J connectivity index is 2.39. The van der Waals surface area contributed by atoms with Gasteiger partial charge in [0, 0.05) is 24.3 Å². The zero-order valence-corrected chi connectivity index (χ0v) is 21.9. The van der Waals surface area contributed by atoms with Crippen LogP contribution in [0.1, 0.15) is 59.4 Å². The maximum Gasteiger partial charge on any atom is 0.405 e. The predicted molar refractivity (Wildman–Crippen MR) is 139 cm³/mol. The summed E-state index contributed by atoms with van der Waals surface area (Å²) in [5.74, 6) is -0.148. The first-order valence-electron chi connectivity index (χ1n) is 12.4. The summed E-state index contributed by atoms with van der Waals surface area (Å²) in [6, 6.07) is 7.87. The number of benzene rings is 1. The van der Waals surface area contributed by atoms with Crippen LogP contribution >= 0.6 is 0 Å². The molecular formula is C28H42N2O5. The number of nitrogens with two attached hydrogens (primary N) is 1. The summed E-state index contributed by atoms with van der Waals surface area (Å²) in [5.41, 5.74) is 8.69. The van der Waals surface area contributed by atoms with E-state index >= 15 is 0 Å². The molecule has 194 valence electrons. The standard InChI is InChI=1S/C28H42N2O5/c1-17-13-22-11-8-12-23(16-22)30-27(32)19(3)10-7-9-18(2)26(35-28(29)33)21(5)15-20(4)25(31)24(14-17)34-6/h8,10-12,15-18,20,24-26,31H,7,9,13-14H2,1-6H3,(H2,29,33)(H,30,32)/b19-10+,21-15+/t17-,18+,20+,24+,25-,26-/m1/s1. The molecule has 6 atom stereocenters. The Morgan fingerprint density at radius 1 is 1.20 bits per heavy atom. The van der Waals surface area contributed by atoms with Gasteiger partial charge in [-0.1, -0.05) is 45.1 Å². The summed E-state index contributed by atoms with van der Waals surface area (Å²) in [7, 11) is 1.62. The number of rotatable bonds is 2. The van der Waals surface area contributed by atoms with Gasteiger partial charge in [-0.15, -0.1) is 0 Å². The molecule has 1 aliphatic rings. The van der Waals surface area contributed by atoms with Gasteiger partial charge < -0.3 is 25.6 Å². The van der Waals surface area contributed by atoms with Crippen molar-refractivity contribution in [2.24, 2.45) is 23.5 Å². The number of primary amides is 1. The van der Waals surface area contributed by atoms with E-state index < -0.39 is 18.3 Å². The van der Waals surface area contributed by atoms with Crippen molar-refractivity contribution in [3.8, 4) is 0 Å². The Labute approximate surface area is 209 Å². The SMILES string of the molecule is CO[C@H]1C[C@H](C)Cc2cccc(c2)NC(=O)/C(C)=C/CC[C@H](C)[C@@H](OC(N)=O)/C(C)=C/[C@H](C)[C@H]1O. The number of ether oxygens (including phenoxy) is 2. The van der Waals surface area contributed by atoms with Crippen LogP contribution in [0.25, 0.3) is 0 Å². The Morgan fingerprint density at radius 2 is 1.91 bits per heavy atom. The third kappa shape index (κ3) is 8.82. The maximum atomic E-state index is 12.7. The molecule has 1 aromatic carbocycles. The second-order valence-electron chi connectivity index (χ2n) is 10.0. The highest BCUT2D eigenvalue weighted by Gasteiger charge is 2.28. The van der Waals surface area contributed by atoms with Crippen molar-refractivity contribution >= 4 is 17.7 Å². The van der Waals surface area contributed by atoms with Crippen molar-refractivity contribution in [2.45, 2.75) is 78.6 Å². The molecule has 35 heavy (non-hydrogen) atoms. The highest BCUT2D eigenvalue weighted by Crippen LogP contribution is 2.27. The summed E-state index contributed by atoms with van der Waals surface area (Å²) >= 11 is 0. The minimum atomic E-state index is -0.836. The fourth-order valence-electron chi connectivity index (χ4n) is 4.80. The lowest BCUT2D eigenvalue weighted by Gasteiger charge is -2.29. The van der Waals surface area contributed by atoms with E-state index in [-0.39, 0.29) is 29.8 Å². The van der Waals surface area contributed by atoms with Crippen LogP contribution in [0.3, 0.4) is 0 Å². The molecular weight excluding hydrogens is 444 g/mol. The predicted octanol–water partition coefficient (Wildman–Crippen LogP) is 4.99. The number of aliphatic hydroxyl groups is 1. The summed E-state index contributed by atoms with van der Waals surface area (Å²) in [5, 5.41) is 14.1. The number of allylic oxidation sites excluding steroid dienone is 1. The Kier molecular flexibility index (Phi) is 11.0. The molecule has 2 amide bonds. The zero-order chi connectivity index (χ0) is 26.1. The van der Waals surface area contributed by atoms with Crippen LogP contribution in [-0.4, -0.2) is 42.5 Å². The van der Waals surface area contributed by atoms with Gasteiger partial charge in [-0.05, 0) is 74.6 Å². The maximum absolute atomic E-state index is 12.7. The topological polar surface area (TPSA) is 111 Å². The zero-order valence-electron chi connectivity index (χ0n) is 21.9. The van der Waals surface area contributed by atoms with Gasteiger partial charge in [0.1, 0.15) is 6.10 Å². The number of hydrogen-bond donors (Lipinski definition) is 3. The number of aliphatic hydroxyl groups excluding tert-OH is 1. The van der Waals surface area contributed by atoms with Crippen molar-refractivity contribution in [1.29, 1.82) is 0 Å². The van der Waals surface area contributed by atoms with Crippen LogP contribution in [0.5, 0.6) is 0 Å². The molecule has 7 heteroatoms. The fourth-order valence-corrected chi connectivity index (χ4v) is 4.80. The third-order valence-corrected chi connectivity index (χ3v) is 6.79. The number of carbonyl (C=O) groups is 2. The minimum Gasteiger partial charge on any atom is -0.442 e. The first-order chi connectivity index (χ1) is 16.5. The normalized spacial score (nSPS) is 32.5. The van der Waals surface area contributed by atoms with E-state index in [0.29, 0.717) is 24.8 Å². The summed E-state index contributed by atoms with van der Waals surface area (Å²) < 4.78 is 11.1. The molecule has 2 rings (SSSR count). The number of nitrogens with one attached hydrogen (secondary N) is 1. The number of fused-ring (bicyclic) bond motifs is 2. The third-order valence-electron chi connectivity index (χ3n) is 6.79. The molecule has 7 nitrogen and oxygen atoms in total. The average molecular weight is 487 g/mol. The van der Waals surface area contributed by atoms with Gasteiger partial charge in [0.05, 0.1) is 12.2 Å². The quantitative estimate of drug-likeness (QED) is 0.510. The van der Waals surface area contributed by atoms with Gasteiger partial charge in [-0.3, -0.25) is 4.79 Å². The van der Waals surface area contributed by atoms with E-state index in [2.05, 4.69) is 12.2 Å². The van der Waals surface area contributed by atoms with Gasteiger partial charge in [0.25, 0.3) is 5.91 Å². The number of hydrogen-bond acceptors (Lipinski definition) is 5. The molecule has 1 heterocycles. The van der Waals surface area contributed by atoms with Crippen molar-refractivity contribution in [2.75, 3.05) is 12.4 Å². The number of anilines is 1. The van der Waals surface area contributed by atoms with Crippen LogP contribution < -0.4 is 11.1 Å². The molecule has 0 unspecified atom stereocenters. The highest BCUT2D eigenvalue weighted by atomic mass is 16.6. The summed E-state index contributed by atoms with van der Waals surface area (Å²) in [6.07, 6.45) is 4.22. The molecule has 0 spiro atoms. The summed E-state index contributed by atoms with van der Waals surface area (Å²) in [4.78, 5) is 24.3. The number of methoxy groups -OCH3 is 1. The lowest BCUT2D eigenvalue weighted by Crippen LogP contribution is -2.35. The fraction of sp³-hybridized carbons (Fsp3) is 0.571. The molecule has 0 radical (unpaired) electrons. The first kappa shape index (κ1) is 28.6. The van der Waals surface area contributed by atoms with E-state index in [1.807, 2.05) is 57.2 Å². The molecule has 0 fully saturated rings. The van der Waals surface area contributed by atoms with Crippen LogP contribution in [-0.2, 0) is 20.7 Å². The van der Waals surface area contributed by atoms with Crippen molar-refractivity contribution in [3.05, 3.63) is 53.1 Å². The Morgan fingerprint density at radius 3 is 2.57 bits per heavy atom. The molecule has 2 bridgehead atoms. The van der Waals surface area contributed by atoms with Crippen LogP contribution in [0.4, 0.5) is 10.5 Å². The molecule has 0 aromatic heterocycles. The van der Waals surface area contributed by atoms with Crippen LogP contribution in [0.15, 0.2) is 47.6 Å². The van der Waals surface area contributed by atoms with E-state index in [0.717, 1.165) is 23.2 Å². The van der Waals surface area contributed by atoms with Crippen molar-refractivity contribution in [3.63, 3.8) is 0 Å². The van der Waals surface area contributed by atoms with Gasteiger partial charge >= 0.3 is 6.09 Å². The minimum absolute atomic E-state index is 0.0350. The molecule has 1 aromatic rings. The lowest BCUT2D eigenvalue weighted by atomic mass is 9.87. The second kappa shape index (κ2) is 13.4. The van der Waals surface area contributed by atoms with E-state index in [1.54, 1.807) is 14.0 Å². The smallest absolute Gasteiger partial charge is 0.405 e. The largest absolute Gasteiger partial charge is 0.442 e. The van der Waals surface area contributed by atoms with Gasteiger partial charge in [0.15, 0.2) is 0 Å². The number of carbonyl (C=O) groups excluding carboxylic acids is 2. The molecule has 4 N–H and O–H groups in total. The Hall–Kier alpha value is -2.64.